The van der Waals surface area contributed by atoms with Crippen LogP contribution in [0.2, 0.25) is 0 Å². The van der Waals surface area contributed by atoms with Gasteiger partial charge in [-0.1, -0.05) is 6.07 Å². The third kappa shape index (κ3) is 2.84. The summed E-state index contributed by atoms with van der Waals surface area (Å²) in [5, 5.41) is 27.5. The highest BCUT2D eigenvalue weighted by Crippen LogP contribution is 2.27. The molecule has 0 saturated carbocycles. The molecule has 1 aromatic rings. The highest BCUT2D eigenvalue weighted by molar-refractivity contribution is 5.80. The normalized spacial score (nSPS) is 14.4. The number of carboxylic acid groups (broad SMARTS) is 1. The van der Waals surface area contributed by atoms with Crippen molar-refractivity contribution in [3.8, 4) is 0 Å². The minimum Gasteiger partial charge on any atom is -0.480 e. The molecular formula is C12H18N2O4. The maximum absolute atomic E-state index is 11.6. The number of hydrogen-bond acceptors (Lipinski definition) is 5. The van der Waals surface area contributed by atoms with Gasteiger partial charge in [-0.3, -0.25) is 9.88 Å². The molecule has 1 rings (SSSR count). The minimum absolute atomic E-state index is 0.165. The Morgan fingerprint density at radius 2 is 2.00 bits per heavy atom. The van der Waals surface area contributed by atoms with Gasteiger partial charge in [0.2, 0.25) is 0 Å². The SMILES string of the molecule is CC(C(=O)O)(c1cccnc1)N(CCO)CCO. The monoisotopic (exact) mass is 254 g/mol. The summed E-state index contributed by atoms with van der Waals surface area (Å²) >= 11 is 0. The van der Waals surface area contributed by atoms with Crippen molar-refractivity contribution in [2.24, 2.45) is 0 Å². The number of pyridine rings is 1. The second-order valence-corrected chi connectivity index (χ2v) is 4.05. The Balaban J connectivity index is 3.16. The summed E-state index contributed by atoms with van der Waals surface area (Å²) in [6.45, 7) is 1.51. The van der Waals surface area contributed by atoms with E-state index in [-0.39, 0.29) is 26.3 Å². The van der Waals surface area contributed by atoms with Crippen molar-refractivity contribution in [1.82, 2.24) is 9.88 Å². The Kier molecular flexibility index (Phi) is 5.21. The van der Waals surface area contributed by atoms with Crippen LogP contribution in [0.15, 0.2) is 24.5 Å². The van der Waals surface area contributed by atoms with Gasteiger partial charge in [0, 0.05) is 31.0 Å². The van der Waals surface area contributed by atoms with Crippen molar-refractivity contribution < 1.29 is 20.1 Å². The van der Waals surface area contributed by atoms with Gasteiger partial charge in [-0.25, -0.2) is 4.79 Å². The van der Waals surface area contributed by atoms with Gasteiger partial charge >= 0.3 is 5.97 Å². The molecule has 0 fully saturated rings. The van der Waals surface area contributed by atoms with Crippen LogP contribution in [0.3, 0.4) is 0 Å². The van der Waals surface area contributed by atoms with E-state index in [0.717, 1.165) is 0 Å². The Bertz CT molecular complexity index is 379. The lowest BCUT2D eigenvalue weighted by Crippen LogP contribution is -2.52. The Morgan fingerprint density at radius 3 is 2.39 bits per heavy atom. The van der Waals surface area contributed by atoms with Gasteiger partial charge in [0.25, 0.3) is 0 Å². The Labute approximate surface area is 106 Å². The van der Waals surface area contributed by atoms with E-state index in [1.165, 1.54) is 18.0 Å². The molecule has 3 N–H and O–H groups in total. The van der Waals surface area contributed by atoms with Gasteiger partial charge in [-0.15, -0.1) is 0 Å². The second-order valence-electron chi connectivity index (χ2n) is 4.05. The van der Waals surface area contributed by atoms with Crippen LogP contribution >= 0.6 is 0 Å². The lowest BCUT2D eigenvalue weighted by molar-refractivity contribution is -0.152. The number of carboxylic acids is 1. The van der Waals surface area contributed by atoms with Crippen molar-refractivity contribution in [2.75, 3.05) is 26.3 Å². The number of aliphatic hydroxyl groups is 2. The fourth-order valence-corrected chi connectivity index (χ4v) is 1.89. The van der Waals surface area contributed by atoms with E-state index < -0.39 is 11.5 Å². The zero-order valence-corrected chi connectivity index (χ0v) is 10.3. The molecule has 1 atom stereocenters. The third-order valence-electron chi connectivity index (χ3n) is 3.01. The summed E-state index contributed by atoms with van der Waals surface area (Å²) < 4.78 is 0. The van der Waals surface area contributed by atoms with Crippen LogP contribution in [0.5, 0.6) is 0 Å². The van der Waals surface area contributed by atoms with Crippen LogP contribution in [0.4, 0.5) is 0 Å². The zero-order valence-electron chi connectivity index (χ0n) is 10.3. The van der Waals surface area contributed by atoms with E-state index in [9.17, 15) is 9.90 Å². The molecule has 0 aliphatic rings. The fourth-order valence-electron chi connectivity index (χ4n) is 1.89. The lowest BCUT2D eigenvalue weighted by atomic mass is 9.91. The smallest absolute Gasteiger partial charge is 0.328 e. The molecule has 0 amide bonds. The molecule has 0 aromatic carbocycles. The standard InChI is InChI=1S/C12H18N2O4/c1-12(11(17)18,10-3-2-4-13-9-10)14(5-7-15)6-8-16/h2-4,9,15-16H,5-8H2,1H3,(H,17,18). The van der Waals surface area contributed by atoms with Crippen molar-refractivity contribution in [1.29, 1.82) is 0 Å². The maximum atomic E-state index is 11.6. The van der Waals surface area contributed by atoms with Crippen molar-refractivity contribution in [3.63, 3.8) is 0 Å². The topological polar surface area (TPSA) is 93.9 Å². The highest BCUT2D eigenvalue weighted by atomic mass is 16.4. The molecule has 0 saturated heterocycles. The Hall–Kier alpha value is -1.50. The van der Waals surface area contributed by atoms with Crippen LogP contribution in [-0.4, -0.2) is 57.5 Å². The molecular weight excluding hydrogens is 236 g/mol. The van der Waals surface area contributed by atoms with E-state index in [0.29, 0.717) is 5.56 Å². The highest BCUT2D eigenvalue weighted by Gasteiger charge is 2.41. The zero-order chi connectivity index (χ0) is 13.6. The molecule has 0 aliphatic carbocycles. The molecule has 18 heavy (non-hydrogen) atoms. The predicted molar refractivity (Wildman–Crippen MR) is 65.0 cm³/mol. The summed E-state index contributed by atoms with van der Waals surface area (Å²) in [4.78, 5) is 17.0. The van der Waals surface area contributed by atoms with E-state index in [4.69, 9.17) is 10.2 Å². The Morgan fingerprint density at radius 1 is 1.39 bits per heavy atom. The van der Waals surface area contributed by atoms with E-state index >= 15 is 0 Å². The summed E-state index contributed by atoms with van der Waals surface area (Å²) in [5.41, 5.74) is -0.806. The fraction of sp³-hybridized carbons (Fsp3) is 0.500. The molecule has 100 valence electrons. The minimum atomic E-state index is -1.32. The third-order valence-corrected chi connectivity index (χ3v) is 3.01. The largest absolute Gasteiger partial charge is 0.480 e. The molecule has 0 aliphatic heterocycles. The summed E-state index contributed by atoms with van der Waals surface area (Å²) in [5.74, 6) is -1.04. The summed E-state index contributed by atoms with van der Waals surface area (Å²) in [7, 11) is 0. The second kappa shape index (κ2) is 6.44. The first-order valence-electron chi connectivity index (χ1n) is 5.68. The first-order valence-corrected chi connectivity index (χ1v) is 5.68. The average molecular weight is 254 g/mol. The first-order chi connectivity index (χ1) is 8.57. The van der Waals surface area contributed by atoms with Crippen LogP contribution in [0.1, 0.15) is 12.5 Å². The van der Waals surface area contributed by atoms with E-state index in [1.807, 2.05) is 0 Å². The van der Waals surface area contributed by atoms with Gasteiger partial charge in [0.05, 0.1) is 13.2 Å². The molecule has 1 heterocycles. The van der Waals surface area contributed by atoms with Crippen LogP contribution in [0, 0.1) is 0 Å². The number of hydrogen-bond donors (Lipinski definition) is 3. The summed E-state index contributed by atoms with van der Waals surface area (Å²) in [6.07, 6.45) is 3.05. The molecule has 6 nitrogen and oxygen atoms in total. The quantitative estimate of drug-likeness (QED) is 0.617. The molecule has 0 bridgehead atoms. The number of aliphatic hydroxyl groups excluding tert-OH is 2. The van der Waals surface area contributed by atoms with Crippen LogP contribution in [0.25, 0.3) is 0 Å². The molecule has 1 aromatic heterocycles. The first kappa shape index (κ1) is 14.6. The average Bonchev–Trinajstić information content (AvgIpc) is 2.38. The van der Waals surface area contributed by atoms with Crippen LogP contribution in [-0.2, 0) is 10.3 Å². The van der Waals surface area contributed by atoms with Gasteiger partial charge < -0.3 is 15.3 Å². The van der Waals surface area contributed by atoms with Gasteiger partial charge in [-0.05, 0) is 13.0 Å². The van der Waals surface area contributed by atoms with Crippen molar-refractivity contribution in [2.45, 2.75) is 12.5 Å². The number of aromatic nitrogens is 1. The predicted octanol–water partition coefficient (Wildman–Crippen LogP) is -0.332. The summed E-state index contributed by atoms with van der Waals surface area (Å²) in [6, 6.07) is 3.33. The number of aliphatic carboxylic acids is 1. The van der Waals surface area contributed by atoms with Crippen molar-refractivity contribution >= 4 is 5.97 Å². The molecule has 1 unspecified atom stereocenters. The van der Waals surface area contributed by atoms with Crippen molar-refractivity contribution in [3.05, 3.63) is 30.1 Å². The molecule has 6 heteroatoms. The van der Waals surface area contributed by atoms with Crippen LogP contribution < -0.4 is 0 Å². The number of nitrogens with zero attached hydrogens (tertiary/aromatic N) is 2. The van der Waals surface area contributed by atoms with Gasteiger partial charge in [0.15, 0.2) is 0 Å². The maximum Gasteiger partial charge on any atom is 0.328 e. The van der Waals surface area contributed by atoms with E-state index in [2.05, 4.69) is 4.98 Å². The lowest BCUT2D eigenvalue weighted by Gasteiger charge is -2.37. The number of rotatable bonds is 7. The molecule has 0 spiro atoms. The van der Waals surface area contributed by atoms with Gasteiger partial charge in [-0.2, -0.15) is 0 Å². The molecule has 0 radical (unpaired) electrons. The van der Waals surface area contributed by atoms with Gasteiger partial charge in [0.1, 0.15) is 5.54 Å². The number of carbonyl (C=O) groups is 1. The van der Waals surface area contributed by atoms with E-state index in [1.54, 1.807) is 18.3 Å².